The molecule has 6 N–H and O–H groups in total. The second-order valence-corrected chi connectivity index (χ2v) is 6.86. The molecule has 0 bridgehead atoms. The maximum Gasteiger partial charge on any atom is 2.00 e. The number of imidazole rings is 1. The van der Waals surface area contributed by atoms with Crippen LogP contribution in [0.3, 0.4) is 0 Å². The molecule has 167 valence electrons. The molecule has 0 fully saturated rings. The van der Waals surface area contributed by atoms with Gasteiger partial charge in [-0.15, -0.1) is 0 Å². The van der Waals surface area contributed by atoms with Crippen molar-refractivity contribution in [3.05, 3.63) is 18.2 Å². The molecule has 1 aromatic rings. The van der Waals surface area contributed by atoms with Crippen molar-refractivity contribution in [3.63, 3.8) is 0 Å². The molecule has 11 heteroatoms. The van der Waals surface area contributed by atoms with E-state index in [-0.39, 0.29) is 35.8 Å². The van der Waals surface area contributed by atoms with Gasteiger partial charge in [-0.1, -0.05) is 38.5 Å². The molecule has 1 aromatic heterocycles. The van der Waals surface area contributed by atoms with Gasteiger partial charge in [-0.3, -0.25) is 9.59 Å². The van der Waals surface area contributed by atoms with E-state index in [2.05, 4.69) is 20.6 Å². The average Bonchev–Trinajstić information content (AvgIpc) is 3.18. The van der Waals surface area contributed by atoms with Crippen LogP contribution in [0.1, 0.15) is 45.2 Å². The van der Waals surface area contributed by atoms with Crippen LogP contribution in [0.15, 0.2) is 12.5 Å². The number of unbranched alkanes of at least 4 members (excludes halogenated alkanes) is 1. The zero-order valence-electron chi connectivity index (χ0n) is 16.7. The van der Waals surface area contributed by atoms with E-state index < -0.39 is 35.9 Å². The zero-order valence-corrected chi connectivity index (χ0v) is 17.6. The number of carbonyl (C=O) groups excluding carboxylic acids is 3. The Labute approximate surface area is 181 Å². The number of carboxylic acid groups (broad SMARTS) is 1. The molecule has 0 aliphatic rings. The molecular formula is C18H30CuN6O4. The van der Waals surface area contributed by atoms with E-state index in [1.807, 2.05) is 13.8 Å². The van der Waals surface area contributed by atoms with E-state index in [9.17, 15) is 19.5 Å². The normalized spacial score (nSPS) is 14.8. The van der Waals surface area contributed by atoms with Crippen molar-refractivity contribution >= 4 is 17.8 Å². The van der Waals surface area contributed by atoms with Gasteiger partial charge in [-0.2, -0.15) is 0 Å². The fourth-order valence-corrected chi connectivity index (χ4v) is 2.58. The van der Waals surface area contributed by atoms with Gasteiger partial charge in [0.25, 0.3) is 0 Å². The van der Waals surface area contributed by atoms with Crippen LogP contribution in [-0.2, 0) is 37.9 Å². The Kier molecular flexibility index (Phi) is 13.2. The summed E-state index contributed by atoms with van der Waals surface area (Å²) in [5.41, 5.74) is 11.8. The van der Waals surface area contributed by atoms with Crippen molar-refractivity contribution in [1.82, 2.24) is 20.6 Å². The molecule has 1 radical (unpaired) electrons. The van der Waals surface area contributed by atoms with Crippen LogP contribution >= 0.6 is 0 Å². The summed E-state index contributed by atoms with van der Waals surface area (Å²) in [6, 6.07) is -2.99. The Balaban J connectivity index is 0.00000784. The first kappa shape index (κ1) is 27.1. The van der Waals surface area contributed by atoms with Gasteiger partial charge in [0, 0.05) is 0 Å². The average molecular weight is 458 g/mol. The molecule has 1 heterocycles. The Bertz CT molecular complexity index is 628. The van der Waals surface area contributed by atoms with Crippen LogP contribution in [0.2, 0.25) is 0 Å². The van der Waals surface area contributed by atoms with E-state index in [0.717, 1.165) is 0 Å². The summed E-state index contributed by atoms with van der Waals surface area (Å²) in [5.74, 6) is -2.59. The van der Waals surface area contributed by atoms with E-state index in [4.69, 9.17) is 11.5 Å². The molecule has 0 saturated heterocycles. The summed E-state index contributed by atoms with van der Waals surface area (Å²) >= 11 is 0. The van der Waals surface area contributed by atoms with Crippen LogP contribution in [-0.4, -0.2) is 47.4 Å². The second-order valence-electron chi connectivity index (χ2n) is 6.86. The summed E-state index contributed by atoms with van der Waals surface area (Å²) in [7, 11) is 0. The van der Waals surface area contributed by atoms with Crippen LogP contribution in [0.5, 0.6) is 0 Å². The molecule has 0 aromatic carbocycles. The summed E-state index contributed by atoms with van der Waals surface area (Å²) in [5, 5.41) is 16.4. The minimum Gasteiger partial charge on any atom is -0.548 e. The second kappa shape index (κ2) is 14.1. The smallest absolute Gasteiger partial charge is 0.548 e. The quantitative estimate of drug-likeness (QED) is 0.190. The monoisotopic (exact) mass is 457 g/mol. The first-order chi connectivity index (χ1) is 13.3. The van der Waals surface area contributed by atoms with Crippen LogP contribution in [0, 0.1) is 5.92 Å². The number of amides is 2. The van der Waals surface area contributed by atoms with E-state index >= 15 is 0 Å². The number of carboxylic acids is 1. The van der Waals surface area contributed by atoms with E-state index in [1.165, 1.54) is 12.5 Å². The topological polar surface area (TPSA) is 177 Å². The number of nitrogens with one attached hydrogen (secondary N) is 2. The molecule has 29 heavy (non-hydrogen) atoms. The summed E-state index contributed by atoms with van der Waals surface area (Å²) < 4.78 is 0. The summed E-state index contributed by atoms with van der Waals surface area (Å²) in [4.78, 5) is 44.3. The zero-order chi connectivity index (χ0) is 21.1. The van der Waals surface area contributed by atoms with Gasteiger partial charge in [0.2, 0.25) is 11.8 Å². The van der Waals surface area contributed by atoms with Crippen LogP contribution < -0.4 is 32.2 Å². The van der Waals surface area contributed by atoms with Gasteiger partial charge in [-0.05, 0) is 38.1 Å². The number of aromatic nitrogens is 2. The van der Waals surface area contributed by atoms with E-state index in [0.29, 0.717) is 31.5 Å². The molecule has 1 rings (SSSR count). The molecule has 0 saturated carbocycles. The molecular weight excluding hydrogens is 428 g/mol. The number of carbonyl (C=O) groups is 3. The van der Waals surface area contributed by atoms with E-state index in [1.54, 1.807) is 0 Å². The third-order valence-corrected chi connectivity index (χ3v) is 4.67. The predicted octanol–water partition coefficient (Wildman–Crippen LogP) is -2.20. The van der Waals surface area contributed by atoms with Gasteiger partial charge in [0.05, 0.1) is 18.1 Å². The van der Waals surface area contributed by atoms with Crippen molar-refractivity contribution < 1.29 is 36.6 Å². The van der Waals surface area contributed by atoms with Crippen molar-refractivity contribution in [2.75, 3.05) is 6.54 Å². The Morgan fingerprint density at radius 1 is 1.21 bits per heavy atom. The predicted molar refractivity (Wildman–Crippen MR) is 100 cm³/mol. The maximum atomic E-state index is 12.7. The Morgan fingerprint density at radius 3 is 2.38 bits per heavy atom. The third-order valence-electron chi connectivity index (χ3n) is 4.67. The number of nitrogens with two attached hydrogens (primary N) is 2. The standard InChI is InChI=1S/C18H32N6O4.Cu/c1-3-11(2)15(20)17(26)24-14(8-12-9-21-10-22-12)16(25)23-13(18(27)28)6-4-5-7-19;/h9-11,13-15H,3-8,19-20H2,1-2H3,(H4,21,22,23,24,25,26,27,28);/q;+2/p-2/t11-,13-,14-,15-;/m0./s1. The molecule has 0 aliphatic heterocycles. The van der Waals surface area contributed by atoms with Gasteiger partial charge < -0.3 is 42.0 Å². The molecule has 0 aliphatic carbocycles. The molecule has 4 atom stereocenters. The number of nitrogens with zero attached hydrogens (tertiary/aromatic N) is 2. The molecule has 2 amide bonds. The minimum absolute atomic E-state index is 0. The number of aliphatic carboxylic acids is 1. The Morgan fingerprint density at radius 2 is 1.86 bits per heavy atom. The molecule has 10 nitrogen and oxygen atoms in total. The number of hydrogen-bond donors (Lipinski definition) is 4. The van der Waals surface area contributed by atoms with Gasteiger partial charge in [0.1, 0.15) is 6.04 Å². The van der Waals surface area contributed by atoms with Crippen LogP contribution in [0.25, 0.3) is 0 Å². The summed E-state index contributed by atoms with van der Waals surface area (Å²) in [6.07, 6.45) is 4.91. The van der Waals surface area contributed by atoms with Crippen molar-refractivity contribution in [2.45, 2.75) is 64.1 Å². The van der Waals surface area contributed by atoms with Gasteiger partial charge in [-0.25, -0.2) is 0 Å². The Hall–Kier alpha value is -1.94. The maximum absolute atomic E-state index is 12.7. The summed E-state index contributed by atoms with van der Waals surface area (Å²) in [6.45, 7) is 4.18. The fraction of sp³-hybridized carbons (Fsp3) is 0.667. The van der Waals surface area contributed by atoms with Crippen molar-refractivity contribution in [3.8, 4) is 0 Å². The largest absolute Gasteiger partial charge is 2.00 e. The number of rotatable bonds is 13. The SMILES string of the molecule is CC[C@H](C)[C@H](N)C(=O)N[C@@H](Cc1c[n-]cn1)C(=O)N[C@@H](CCCCN)C(=O)[O-].[Cu+2]. The van der Waals surface area contributed by atoms with Gasteiger partial charge >= 0.3 is 17.1 Å². The fourth-order valence-electron chi connectivity index (χ4n) is 2.58. The minimum atomic E-state index is -1.39. The first-order valence-electron chi connectivity index (χ1n) is 9.48. The molecule has 0 spiro atoms. The van der Waals surface area contributed by atoms with Crippen molar-refractivity contribution in [2.24, 2.45) is 17.4 Å². The van der Waals surface area contributed by atoms with Crippen LogP contribution in [0.4, 0.5) is 0 Å². The molecule has 0 unspecified atom stereocenters. The first-order valence-corrected chi connectivity index (χ1v) is 9.48. The number of hydrogen-bond acceptors (Lipinski definition) is 7. The van der Waals surface area contributed by atoms with Gasteiger partial charge in [0.15, 0.2) is 0 Å². The van der Waals surface area contributed by atoms with Crippen molar-refractivity contribution in [1.29, 1.82) is 0 Å². The third kappa shape index (κ3) is 9.40.